The molecule has 10 fully saturated rings. The van der Waals surface area contributed by atoms with Gasteiger partial charge in [-0.1, -0.05) is 174 Å². The first-order chi connectivity index (χ1) is 46.4. The molecule has 10 atom stereocenters. The van der Waals surface area contributed by atoms with Gasteiger partial charge in [-0.05, 0) is 268 Å². The first-order valence-corrected chi connectivity index (χ1v) is 43.7. The van der Waals surface area contributed by atoms with Crippen molar-refractivity contribution in [3.63, 3.8) is 0 Å². The SMILES string of the molecule is CN1C2CCC1CC(c1cccc(C#N)c1)C2.CN1C2CCC1CC(c1cccc(O)c1)C2.CN1C2CCC1CC(c1cccc(OS(=O)(=O)C(F)(F)F)c1)C2.IC(I)I.ICI.NC(=O)c1cccc(C2CC3CCC(C2)N3)c1.Oc1cccc(C2CC3CCC(C2)N3)c1.[CH2-]I.[V]. The van der Waals surface area contributed by atoms with Crippen LogP contribution in [0.5, 0.6) is 17.2 Å². The van der Waals surface area contributed by atoms with Gasteiger partial charge in [-0.15, -0.1) is 0 Å². The molecule has 13 nitrogen and oxygen atoms in total. The summed E-state index contributed by atoms with van der Waals surface area (Å²) in [5.74, 6) is 2.97. The van der Waals surface area contributed by atoms with E-state index in [-0.39, 0.29) is 36.1 Å². The number of phenols is 2. The zero-order valence-electron chi connectivity index (χ0n) is 56.0. The summed E-state index contributed by atoms with van der Waals surface area (Å²) in [5, 5.41) is 35.2. The van der Waals surface area contributed by atoms with Crippen LogP contribution in [0.15, 0.2) is 121 Å². The van der Waals surface area contributed by atoms with Crippen molar-refractivity contribution in [3.05, 3.63) is 165 Å². The number of hydrogen-bond donors (Lipinski definition) is 5. The van der Waals surface area contributed by atoms with Crippen molar-refractivity contribution < 1.29 is 59.3 Å². The number of fused-ring (bicyclic) bond motifs is 10. The van der Waals surface area contributed by atoms with Gasteiger partial charge < -0.3 is 68.1 Å². The molecule has 1 radical (unpaired) electrons. The van der Waals surface area contributed by atoms with Crippen molar-refractivity contribution in [1.82, 2.24) is 25.3 Å². The second-order valence-electron chi connectivity index (χ2n) is 27.6. The zero-order valence-corrected chi connectivity index (χ0v) is 71.1. The molecule has 537 valence electrons. The number of piperidine rings is 5. The molecule has 98 heavy (non-hydrogen) atoms. The van der Waals surface area contributed by atoms with Gasteiger partial charge in [-0.3, -0.25) is 9.73 Å². The maximum Gasteiger partial charge on any atom is 0.534 e. The summed E-state index contributed by atoms with van der Waals surface area (Å²) in [6.07, 6.45) is 24.7. The number of nitrogens with one attached hydrogen (secondary N) is 2. The fourth-order valence-corrected chi connectivity index (χ4v) is 17.5. The van der Waals surface area contributed by atoms with Crippen molar-refractivity contribution in [2.45, 2.75) is 224 Å². The third-order valence-corrected chi connectivity index (χ3v) is 22.9. The summed E-state index contributed by atoms with van der Waals surface area (Å²) in [5.41, 5.74) is 7.46. The molecule has 5 aromatic rings. The first kappa shape index (κ1) is 84.2. The molecular weight excluding hydrogens is 1980 g/mol. The van der Waals surface area contributed by atoms with E-state index in [1.807, 2.05) is 77.2 Å². The van der Waals surface area contributed by atoms with Crippen LogP contribution in [0.2, 0.25) is 0 Å². The smallest absolute Gasteiger partial charge is 0.508 e. The molecule has 0 spiro atoms. The van der Waals surface area contributed by atoms with Crippen LogP contribution >= 0.6 is 136 Å². The number of nitrogens with zero attached hydrogens (tertiary/aromatic N) is 4. The average Bonchev–Trinajstić information content (AvgIpc) is 1.69. The number of carbonyl (C=O) groups is 1. The molecule has 10 saturated heterocycles. The van der Waals surface area contributed by atoms with Gasteiger partial charge in [0.1, 0.15) is 17.2 Å². The van der Waals surface area contributed by atoms with Crippen LogP contribution in [-0.2, 0) is 28.7 Å². The molecule has 10 unspecified atom stereocenters. The predicted octanol–water partition coefficient (Wildman–Crippen LogP) is 18.7. The van der Waals surface area contributed by atoms with Gasteiger partial charge >= 0.3 is 15.6 Å². The summed E-state index contributed by atoms with van der Waals surface area (Å²) in [6, 6.07) is 46.7. The number of carbonyl (C=O) groups excluding carboxylic acids is 1. The van der Waals surface area contributed by atoms with Crippen LogP contribution < -0.4 is 20.6 Å². The number of amides is 1. The number of primary amides is 1. The van der Waals surface area contributed by atoms with Gasteiger partial charge in [-0.25, -0.2) is 0 Å². The Morgan fingerprint density at radius 2 is 0.847 bits per heavy atom. The molecule has 6 N–H and O–H groups in total. The van der Waals surface area contributed by atoms with Gasteiger partial charge in [0, 0.05) is 84.5 Å². The van der Waals surface area contributed by atoms with Crippen molar-refractivity contribution in [2.24, 2.45) is 5.73 Å². The monoisotopic (exact) mass is 2080 g/mol. The van der Waals surface area contributed by atoms with Gasteiger partial charge in [0.2, 0.25) is 5.91 Å². The topological polar surface area (TPSA) is 184 Å². The predicted molar refractivity (Wildman–Crippen MR) is 436 cm³/mol. The number of alkyl halides is 8. The maximum absolute atomic E-state index is 12.4. The van der Waals surface area contributed by atoms with Crippen LogP contribution in [0.3, 0.4) is 0 Å². The van der Waals surface area contributed by atoms with Crippen molar-refractivity contribution in [3.8, 4) is 23.3 Å². The van der Waals surface area contributed by atoms with E-state index in [1.165, 1.54) is 146 Å². The van der Waals surface area contributed by atoms with E-state index < -0.39 is 15.6 Å². The maximum atomic E-state index is 12.4. The third-order valence-electron chi connectivity index (χ3n) is 21.9. The van der Waals surface area contributed by atoms with E-state index in [9.17, 15) is 36.6 Å². The summed E-state index contributed by atoms with van der Waals surface area (Å²) in [4.78, 5) is 21.9. The fraction of sp³-hybridized carbons (Fsp3) is 0.554. The minimum Gasteiger partial charge on any atom is -0.508 e. The number of halogens is 9. The molecular formula is C74H95F3I6N7O6SV-. The van der Waals surface area contributed by atoms with Crippen molar-refractivity contribution >= 4 is 152 Å². The number of phenolic OH excluding ortho intramolecular Hbond substituents is 2. The van der Waals surface area contributed by atoms with Crippen LogP contribution in [0.4, 0.5) is 13.2 Å². The third kappa shape index (κ3) is 24.2. The molecule has 5 aromatic carbocycles. The quantitative estimate of drug-likeness (QED) is 0.0326. The van der Waals surface area contributed by atoms with Gasteiger partial charge in [0.05, 0.1) is 14.1 Å². The normalized spacial score (nSPS) is 29.3. The van der Waals surface area contributed by atoms with E-state index in [1.54, 1.807) is 18.2 Å². The molecule has 10 heterocycles. The Morgan fingerprint density at radius 3 is 1.17 bits per heavy atom. The Kier molecular flexibility index (Phi) is 34.9. The standard InChI is InChI=1S/C15H18F3NO3S.C15H18N2.C14H18N2O.C14H19NO.C13H17NO.CHI3.CH2I2.CH2I.V/c1-19-12-5-6-13(19)8-11(7-12)10-3-2-4-14(9-10)22-23(20,21)15(16,17)18;1-17-14-5-6-15(17)9-13(8-14)12-4-2-3-11(7-12)10-16;15-14(17)10-3-1-2-9(6-10)11-7-12-4-5-13(8-11)16-12;1-15-12-5-6-13(15)8-11(7-12)10-3-2-4-14(16)9-10;15-13-3-1-2-9(8-13)10-6-11-4-5-12(7-10)14-11;2-1(3)4;2-1-3;1-2;/h2-4,9,11-13H,5-8H2,1H3;2-4,7,13-15H,5-6,8-9H2,1H3;1-3,6,11-13,16H,4-5,7-8H2,(H2,15,17);2-4,9,11-13,16H,5-8H2,1H3;1-3,8,10-12,14-15H,4-7H2;1H;1H2;1H2;/q;;;;;;;-1;. The number of nitrogens with two attached hydrogens (primary N) is 1. The van der Waals surface area contributed by atoms with E-state index in [0.29, 0.717) is 64.9 Å². The van der Waals surface area contributed by atoms with Crippen LogP contribution in [0.25, 0.3) is 0 Å². The van der Waals surface area contributed by atoms with Crippen LogP contribution in [0.1, 0.15) is 202 Å². The van der Waals surface area contributed by atoms with E-state index in [4.69, 9.17) is 11.0 Å². The largest absolute Gasteiger partial charge is 0.534 e. The van der Waals surface area contributed by atoms with Crippen molar-refractivity contribution in [2.75, 3.05) is 23.6 Å². The average molecular weight is 2080 g/mol. The van der Waals surface area contributed by atoms with Crippen molar-refractivity contribution in [1.29, 1.82) is 5.26 Å². The molecule has 0 saturated carbocycles. The zero-order chi connectivity index (χ0) is 70.1. The molecule has 1 amide bonds. The summed E-state index contributed by atoms with van der Waals surface area (Å²) in [6.45, 7) is 0. The van der Waals surface area contributed by atoms with E-state index >= 15 is 0 Å². The summed E-state index contributed by atoms with van der Waals surface area (Å²) < 4.78 is 65.6. The number of aromatic hydroxyl groups is 2. The van der Waals surface area contributed by atoms with E-state index in [0.717, 1.165) is 73.0 Å². The van der Waals surface area contributed by atoms with Crippen LogP contribution in [0, 0.1) is 16.3 Å². The van der Waals surface area contributed by atoms with E-state index in [2.05, 4.69) is 205 Å². The summed E-state index contributed by atoms with van der Waals surface area (Å²) in [7, 11) is 1.01. The van der Waals surface area contributed by atoms with Crippen LogP contribution in [-0.4, -0.2) is 129 Å². The van der Waals surface area contributed by atoms with Gasteiger partial charge in [0.25, 0.3) is 0 Å². The number of benzene rings is 5. The summed E-state index contributed by atoms with van der Waals surface area (Å²) >= 11 is 13.4. The molecule has 24 heteroatoms. The molecule has 10 aliphatic heterocycles. The Hall–Kier alpha value is -1.04. The minimum absolute atomic E-state index is 0. The minimum atomic E-state index is -5.62. The molecule has 10 aliphatic rings. The van der Waals surface area contributed by atoms with Gasteiger partial charge in [0.15, 0.2) is 0 Å². The first-order valence-electron chi connectivity index (χ1n) is 33.9. The molecule has 15 rings (SSSR count). The molecule has 10 bridgehead atoms. The second kappa shape index (κ2) is 40.6. The Balaban J connectivity index is 0.000000168. The Morgan fingerprint density at radius 1 is 0.551 bits per heavy atom. The Bertz CT molecular complexity index is 3410. The molecule has 0 aliphatic carbocycles. The number of nitriles is 1. The molecule has 0 aromatic heterocycles. The number of rotatable bonds is 8. The Labute approximate surface area is 675 Å². The second-order valence-corrected chi connectivity index (χ2v) is 44.5. The van der Waals surface area contributed by atoms with Gasteiger partial charge in [-0.2, -0.15) is 26.9 Å². The fourth-order valence-electron chi connectivity index (χ4n) is 17.1. The number of hydrogen-bond acceptors (Lipinski definition) is 12.